The number of carbonyl (C=O) groups excluding carboxylic acids is 1. The third-order valence-electron chi connectivity index (χ3n) is 7.68. The summed E-state index contributed by atoms with van der Waals surface area (Å²) in [5, 5.41) is 0. The van der Waals surface area contributed by atoms with Gasteiger partial charge in [0.15, 0.2) is 17.2 Å². The molecule has 3 aromatic rings. The van der Waals surface area contributed by atoms with Gasteiger partial charge in [0.05, 0.1) is 27.9 Å². The highest BCUT2D eigenvalue weighted by molar-refractivity contribution is 5.92. The van der Waals surface area contributed by atoms with E-state index in [9.17, 15) is 4.79 Å². The molecule has 0 atom stereocenters. The van der Waals surface area contributed by atoms with Crippen LogP contribution in [0.1, 0.15) is 27.5 Å². The lowest BCUT2D eigenvalue weighted by Crippen LogP contribution is -2.48. The van der Waals surface area contributed by atoms with Gasteiger partial charge in [0, 0.05) is 71.0 Å². The van der Waals surface area contributed by atoms with Crippen molar-refractivity contribution in [1.29, 1.82) is 0 Å². The number of methoxy groups -OCH3 is 3. The number of carbonyl (C=O) groups is 1. The molecule has 1 amide bonds. The SMILES string of the molecule is COc1ccc(CN2CCN(Cc3nc(C(=O)N4CCN(Cc5ccccc5)CC4)co3)CC2)c(OC)c1OC. The third-order valence-corrected chi connectivity index (χ3v) is 7.68. The summed E-state index contributed by atoms with van der Waals surface area (Å²) < 4.78 is 22.3. The fourth-order valence-electron chi connectivity index (χ4n) is 5.42. The summed E-state index contributed by atoms with van der Waals surface area (Å²) in [4.78, 5) is 26.6. The van der Waals surface area contributed by atoms with Gasteiger partial charge in [-0.15, -0.1) is 0 Å². The van der Waals surface area contributed by atoms with Crippen LogP contribution in [0.15, 0.2) is 53.1 Å². The number of aromatic nitrogens is 1. The van der Waals surface area contributed by atoms with Gasteiger partial charge in [-0.25, -0.2) is 4.98 Å². The molecule has 214 valence electrons. The van der Waals surface area contributed by atoms with Crippen molar-refractivity contribution < 1.29 is 23.4 Å². The highest BCUT2D eigenvalue weighted by atomic mass is 16.5. The zero-order valence-corrected chi connectivity index (χ0v) is 23.7. The molecule has 3 heterocycles. The minimum atomic E-state index is -0.0527. The molecular weight excluding hydrogens is 510 g/mol. The first kappa shape index (κ1) is 27.9. The molecule has 0 aliphatic carbocycles. The Bertz CT molecular complexity index is 1250. The van der Waals surface area contributed by atoms with E-state index in [0.717, 1.165) is 57.9 Å². The average molecular weight is 550 g/mol. The van der Waals surface area contributed by atoms with Crippen LogP contribution in [0.4, 0.5) is 0 Å². The maximum Gasteiger partial charge on any atom is 0.275 e. The van der Waals surface area contributed by atoms with Crippen LogP contribution in [-0.4, -0.2) is 104 Å². The first-order valence-electron chi connectivity index (χ1n) is 13.8. The molecule has 1 aromatic heterocycles. The fourth-order valence-corrected chi connectivity index (χ4v) is 5.42. The van der Waals surface area contributed by atoms with Crippen LogP contribution < -0.4 is 14.2 Å². The predicted molar refractivity (Wildman–Crippen MR) is 151 cm³/mol. The second-order valence-electron chi connectivity index (χ2n) is 10.2. The number of nitrogens with zero attached hydrogens (tertiary/aromatic N) is 5. The number of benzene rings is 2. The van der Waals surface area contributed by atoms with Crippen LogP contribution >= 0.6 is 0 Å². The average Bonchev–Trinajstić information content (AvgIpc) is 3.46. The minimum absolute atomic E-state index is 0.0527. The van der Waals surface area contributed by atoms with E-state index in [4.69, 9.17) is 18.6 Å². The van der Waals surface area contributed by atoms with Gasteiger partial charge in [0.1, 0.15) is 6.26 Å². The monoisotopic (exact) mass is 549 g/mol. The Morgan fingerprint density at radius 3 is 2.02 bits per heavy atom. The number of piperazine rings is 2. The lowest BCUT2D eigenvalue weighted by molar-refractivity contribution is 0.0622. The van der Waals surface area contributed by atoms with Gasteiger partial charge in [-0.2, -0.15) is 0 Å². The molecule has 2 fully saturated rings. The number of amides is 1. The zero-order valence-electron chi connectivity index (χ0n) is 23.7. The predicted octanol–water partition coefficient (Wildman–Crippen LogP) is 2.98. The largest absolute Gasteiger partial charge is 0.493 e. The van der Waals surface area contributed by atoms with Gasteiger partial charge in [-0.3, -0.25) is 19.5 Å². The second kappa shape index (κ2) is 13.2. The molecule has 2 aromatic carbocycles. The zero-order chi connectivity index (χ0) is 27.9. The first-order valence-corrected chi connectivity index (χ1v) is 13.8. The van der Waals surface area contributed by atoms with Crippen LogP contribution in [0.2, 0.25) is 0 Å². The molecule has 2 aliphatic heterocycles. The molecule has 40 heavy (non-hydrogen) atoms. The van der Waals surface area contributed by atoms with Crippen molar-refractivity contribution in [2.45, 2.75) is 19.6 Å². The van der Waals surface area contributed by atoms with E-state index < -0.39 is 0 Å². The topological polar surface area (TPSA) is 83.8 Å². The first-order chi connectivity index (χ1) is 19.6. The van der Waals surface area contributed by atoms with E-state index in [1.54, 1.807) is 21.3 Å². The third kappa shape index (κ3) is 6.57. The summed E-state index contributed by atoms with van der Waals surface area (Å²) in [6.07, 6.45) is 1.51. The Morgan fingerprint density at radius 2 is 1.38 bits per heavy atom. The van der Waals surface area contributed by atoms with Crippen molar-refractivity contribution in [2.75, 3.05) is 73.7 Å². The van der Waals surface area contributed by atoms with Crippen molar-refractivity contribution in [3.63, 3.8) is 0 Å². The van der Waals surface area contributed by atoms with E-state index >= 15 is 0 Å². The van der Waals surface area contributed by atoms with Gasteiger partial charge in [0.25, 0.3) is 5.91 Å². The van der Waals surface area contributed by atoms with Crippen molar-refractivity contribution in [3.8, 4) is 17.2 Å². The number of oxazole rings is 1. The van der Waals surface area contributed by atoms with Crippen LogP contribution in [0.5, 0.6) is 17.2 Å². The number of ether oxygens (including phenoxy) is 3. The number of rotatable bonds is 10. The maximum absolute atomic E-state index is 13.1. The van der Waals surface area contributed by atoms with Crippen molar-refractivity contribution >= 4 is 5.91 Å². The summed E-state index contributed by atoms with van der Waals surface area (Å²) in [5.74, 6) is 2.51. The highest BCUT2D eigenvalue weighted by Crippen LogP contribution is 2.40. The van der Waals surface area contributed by atoms with Crippen LogP contribution in [0.3, 0.4) is 0 Å². The van der Waals surface area contributed by atoms with E-state index in [2.05, 4.69) is 43.9 Å². The lowest BCUT2D eigenvalue weighted by atomic mass is 10.1. The second-order valence-corrected chi connectivity index (χ2v) is 10.2. The Hall–Kier alpha value is -3.60. The van der Waals surface area contributed by atoms with Crippen molar-refractivity contribution in [2.24, 2.45) is 0 Å². The molecule has 0 bridgehead atoms. The van der Waals surface area contributed by atoms with Crippen molar-refractivity contribution in [3.05, 3.63) is 71.4 Å². The van der Waals surface area contributed by atoms with E-state index in [1.807, 2.05) is 23.1 Å². The van der Waals surface area contributed by atoms with E-state index in [1.165, 1.54) is 11.8 Å². The lowest BCUT2D eigenvalue weighted by Gasteiger charge is -2.34. The van der Waals surface area contributed by atoms with Gasteiger partial charge in [-0.05, 0) is 11.6 Å². The van der Waals surface area contributed by atoms with E-state index in [0.29, 0.717) is 48.5 Å². The number of hydrogen-bond donors (Lipinski definition) is 0. The number of hydrogen-bond acceptors (Lipinski definition) is 9. The summed E-state index contributed by atoms with van der Waals surface area (Å²) >= 11 is 0. The summed E-state index contributed by atoms with van der Waals surface area (Å²) in [6, 6.07) is 14.4. The van der Waals surface area contributed by atoms with Gasteiger partial charge in [-0.1, -0.05) is 36.4 Å². The highest BCUT2D eigenvalue weighted by Gasteiger charge is 2.26. The Kier molecular flexibility index (Phi) is 9.20. The minimum Gasteiger partial charge on any atom is -0.493 e. The molecule has 0 N–H and O–H groups in total. The Balaban J connectivity index is 1.08. The summed E-state index contributed by atoms with van der Waals surface area (Å²) in [7, 11) is 4.90. The molecule has 10 heteroatoms. The molecular formula is C30H39N5O5. The Labute approximate surface area is 236 Å². The van der Waals surface area contributed by atoms with Crippen LogP contribution in [0.25, 0.3) is 0 Å². The molecule has 5 rings (SSSR count). The normalized spacial score (nSPS) is 17.1. The standard InChI is InChI=1S/C30H39N5O5/c1-37-26-10-9-24(28(38-2)29(26)39-3)20-33-11-13-34(14-12-33)21-27-31-25(22-40-27)30(36)35-17-15-32(16-18-35)19-23-7-5-4-6-8-23/h4-10,22H,11-21H2,1-3H3. The van der Waals surface area contributed by atoms with Gasteiger partial charge in [0.2, 0.25) is 11.6 Å². The van der Waals surface area contributed by atoms with Crippen molar-refractivity contribution in [1.82, 2.24) is 24.6 Å². The fraction of sp³-hybridized carbons (Fsp3) is 0.467. The summed E-state index contributed by atoms with van der Waals surface area (Å²) in [6.45, 7) is 8.91. The van der Waals surface area contributed by atoms with Gasteiger partial charge < -0.3 is 23.5 Å². The smallest absolute Gasteiger partial charge is 0.275 e. The summed E-state index contributed by atoms with van der Waals surface area (Å²) in [5.41, 5.74) is 2.75. The van der Waals surface area contributed by atoms with Crippen LogP contribution in [-0.2, 0) is 19.6 Å². The maximum atomic E-state index is 13.1. The van der Waals surface area contributed by atoms with E-state index in [-0.39, 0.29) is 5.91 Å². The molecule has 0 spiro atoms. The van der Waals surface area contributed by atoms with Crippen LogP contribution in [0, 0.1) is 0 Å². The van der Waals surface area contributed by atoms with Gasteiger partial charge >= 0.3 is 0 Å². The molecule has 10 nitrogen and oxygen atoms in total. The molecule has 0 unspecified atom stereocenters. The molecule has 2 saturated heterocycles. The molecule has 0 saturated carbocycles. The molecule has 0 radical (unpaired) electrons. The molecule has 2 aliphatic rings. The quantitative estimate of drug-likeness (QED) is 0.379. The Morgan fingerprint density at radius 1 is 0.750 bits per heavy atom.